The topological polar surface area (TPSA) is 87.6 Å². The second kappa shape index (κ2) is 9.19. The van der Waals surface area contributed by atoms with E-state index < -0.39 is 0 Å². The van der Waals surface area contributed by atoms with Gasteiger partial charge in [0.1, 0.15) is 5.65 Å². The number of rotatable bonds is 6. The van der Waals surface area contributed by atoms with Crippen molar-refractivity contribution in [1.29, 1.82) is 0 Å². The molecule has 174 valence electrons. The van der Waals surface area contributed by atoms with Gasteiger partial charge in [0.05, 0.1) is 18.8 Å². The molecule has 5 aromatic rings. The zero-order valence-electron chi connectivity index (χ0n) is 19.2. The molecule has 7 nitrogen and oxygen atoms in total. The molecule has 0 saturated carbocycles. The van der Waals surface area contributed by atoms with E-state index in [1.807, 2.05) is 65.7 Å². The first kappa shape index (κ1) is 21.3. The van der Waals surface area contributed by atoms with Gasteiger partial charge in [-0.05, 0) is 48.7 Å². The predicted molar refractivity (Wildman–Crippen MR) is 138 cm³/mol. The first-order valence-electron chi connectivity index (χ1n) is 11.9. The van der Waals surface area contributed by atoms with Crippen molar-refractivity contribution < 1.29 is 4.79 Å². The molecule has 1 atom stereocenters. The third-order valence-electron chi connectivity index (χ3n) is 6.53. The lowest BCUT2D eigenvalue weighted by Gasteiger charge is -2.11. The molecule has 3 N–H and O–H groups in total. The number of fused-ring (bicyclic) bond motifs is 1. The molecule has 0 spiro atoms. The van der Waals surface area contributed by atoms with E-state index in [4.69, 9.17) is 0 Å². The second-order valence-electron chi connectivity index (χ2n) is 8.95. The van der Waals surface area contributed by atoms with Crippen LogP contribution in [0.4, 0.5) is 5.69 Å². The van der Waals surface area contributed by atoms with Gasteiger partial charge in [-0.15, -0.1) is 0 Å². The summed E-state index contributed by atoms with van der Waals surface area (Å²) >= 11 is 0. The molecule has 7 heteroatoms. The Kier molecular flexibility index (Phi) is 5.60. The van der Waals surface area contributed by atoms with Crippen LogP contribution in [0.3, 0.4) is 0 Å². The van der Waals surface area contributed by atoms with Crippen LogP contribution >= 0.6 is 0 Å². The lowest BCUT2D eigenvalue weighted by atomic mass is 10.0. The summed E-state index contributed by atoms with van der Waals surface area (Å²) in [5.74, 6) is 0.0307. The number of carbonyl (C=O) groups is 1. The fraction of sp³-hybridized carbons (Fsp3) is 0.179. The van der Waals surface area contributed by atoms with Crippen LogP contribution in [-0.2, 0) is 11.3 Å². The van der Waals surface area contributed by atoms with Crippen LogP contribution in [0.15, 0.2) is 85.5 Å². The lowest BCUT2D eigenvalue weighted by Crippen LogP contribution is -2.35. The van der Waals surface area contributed by atoms with E-state index in [0.717, 1.165) is 64.9 Å². The number of hydrogen-bond donors (Lipinski definition) is 3. The number of carbonyl (C=O) groups excluding carboxylic acids is 1. The maximum atomic E-state index is 12.4. The van der Waals surface area contributed by atoms with Gasteiger partial charge in [-0.1, -0.05) is 42.5 Å². The molecular weight excluding hydrogens is 436 g/mol. The summed E-state index contributed by atoms with van der Waals surface area (Å²) in [6.45, 7) is 1.63. The molecule has 35 heavy (non-hydrogen) atoms. The van der Waals surface area contributed by atoms with Crippen molar-refractivity contribution in [2.45, 2.75) is 25.4 Å². The van der Waals surface area contributed by atoms with Crippen molar-refractivity contribution >= 4 is 22.6 Å². The van der Waals surface area contributed by atoms with Crippen molar-refractivity contribution in [2.75, 3.05) is 11.9 Å². The van der Waals surface area contributed by atoms with Gasteiger partial charge >= 0.3 is 0 Å². The SMILES string of the molecule is O=C(Nc1ccc(-c2cnc3[nH]cc(-c4cnn(Cc5ccccc5)c4)c3c2)cc1)C1CCCN1. The zero-order valence-corrected chi connectivity index (χ0v) is 19.2. The highest BCUT2D eigenvalue weighted by molar-refractivity contribution is 5.96. The monoisotopic (exact) mass is 462 g/mol. The highest BCUT2D eigenvalue weighted by Gasteiger charge is 2.21. The predicted octanol–water partition coefficient (Wildman–Crippen LogP) is 4.83. The molecule has 1 saturated heterocycles. The Morgan fingerprint density at radius 1 is 1.03 bits per heavy atom. The molecule has 4 heterocycles. The van der Waals surface area contributed by atoms with Gasteiger partial charge in [-0.3, -0.25) is 9.48 Å². The van der Waals surface area contributed by atoms with Crippen LogP contribution < -0.4 is 10.6 Å². The maximum Gasteiger partial charge on any atom is 0.241 e. The Bertz CT molecular complexity index is 1460. The van der Waals surface area contributed by atoms with Crippen LogP contribution in [0.5, 0.6) is 0 Å². The van der Waals surface area contributed by atoms with Gasteiger partial charge in [0.25, 0.3) is 0 Å². The van der Waals surface area contributed by atoms with Gasteiger partial charge in [-0.2, -0.15) is 5.10 Å². The van der Waals surface area contributed by atoms with E-state index in [2.05, 4.69) is 50.1 Å². The Labute approximate surface area is 203 Å². The fourth-order valence-corrected chi connectivity index (χ4v) is 4.64. The summed E-state index contributed by atoms with van der Waals surface area (Å²) in [5.41, 5.74) is 7.03. The Morgan fingerprint density at radius 2 is 1.89 bits per heavy atom. The molecule has 1 unspecified atom stereocenters. The van der Waals surface area contributed by atoms with E-state index in [-0.39, 0.29) is 11.9 Å². The number of nitrogens with one attached hydrogen (secondary N) is 3. The minimum atomic E-state index is -0.0923. The molecule has 1 aliphatic rings. The Morgan fingerprint density at radius 3 is 2.69 bits per heavy atom. The molecule has 2 aromatic carbocycles. The molecule has 6 rings (SSSR count). The number of anilines is 1. The van der Waals surface area contributed by atoms with Gasteiger partial charge in [0.15, 0.2) is 0 Å². The van der Waals surface area contributed by atoms with Crippen LogP contribution in [0.1, 0.15) is 18.4 Å². The quantitative estimate of drug-likeness (QED) is 0.337. The number of amides is 1. The normalized spacial score (nSPS) is 15.5. The number of pyridine rings is 1. The summed E-state index contributed by atoms with van der Waals surface area (Å²) in [5, 5.41) is 11.8. The lowest BCUT2D eigenvalue weighted by molar-refractivity contribution is -0.117. The minimum Gasteiger partial charge on any atom is -0.346 e. The van der Waals surface area contributed by atoms with Crippen LogP contribution in [-0.4, -0.2) is 38.2 Å². The number of aromatic amines is 1. The van der Waals surface area contributed by atoms with Crippen molar-refractivity contribution in [3.63, 3.8) is 0 Å². The van der Waals surface area contributed by atoms with Gasteiger partial charge in [0.2, 0.25) is 5.91 Å². The summed E-state index contributed by atoms with van der Waals surface area (Å²) in [4.78, 5) is 20.3. The average molecular weight is 463 g/mol. The molecule has 1 fully saturated rings. The molecule has 0 radical (unpaired) electrons. The van der Waals surface area contributed by atoms with Crippen LogP contribution in [0, 0.1) is 0 Å². The largest absolute Gasteiger partial charge is 0.346 e. The molecule has 0 bridgehead atoms. The van der Waals surface area contributed by atoms with Gasteiger partial charge in [0, 0.05) is 46.4 Å². The summed E-state index contributed by atoms with van der Waals surface area (Å²) < 4.78 is 1.95. The summed E-state index contributed by atoms with van der Waals surface area (Å²) in [6, 6.07) is 20.3. The molecule has 3 aromatic heterocycles. The zero-order chi connectivity index (χ0) is 23.6. The molecule has 1 aliphatic heterocycles. The molecule has 0 aliphatic carbocycles. The van der Waals surface area contributed by atoms with Crippen molar-refractivity contribution in [3.8, 4) is 22.3 Å². The van der Waals surface area contributed by atoms with E-state index in [0.29, 0.717) is 0 Å². The Hall–Kier alpha value is -4.23. The number of hydrogen-bond acceptors (Lipinski definition) is 4. The van der Waals surface area contributed by atoms with E-state index in [1.54, 1.807) is 0 Å². The minimum absolute atomic E-state index is 0.0307. The highest BCUT2D eigenvalue weighted by Crippen LogP contribution is 2.31. The van der Waals surface area contributed by atoms with Crippen molar-refractivity contribution in [1.82, 2.24) is 25.1 Å². The fourth-order valence-electron chi connectivity index (χ4n) is 4.64. The first-order valence-corrected chi connectivity index (χ1v) is 11.9. The Balaban J connectivity index is 1.23. The maximum absolute atomic E-state index is 12.4. The van der Waals surface area contributed by atoms with Gasteiger partial charge in [-0.25, -0.2) is 4.98 Å². The van der Waals surface area contributed by atoms with Crippen molar-refractivity contribution in [3.05, 3.63) is 91.0 Å². The highest BCUT2D eigenvalue weighted by atomic mass is 16.2. The van der Waals surface area contributed by atoms with E-state index >= 15 is 0 Å². The third kappa shape index (κ3) is 4.46. The number of aromatic nitrogens is 4. The van der Waals surface area contributed by atoms with Crippen molar-refractivity contribution in [2.24, 2.45) is 0 Å². The first-order chi connectivity index (χ1) is 17.2. The standard InChI is InChI=1S/C28H26N6O/c35-28(26-7-4-12-29-26)33-23-10-8-20(9-11-23)21-13-24-25(16-31-27(24)30-14-21)22-15-32-34(18-22)17-19-5-2-1-3-6-19/h1-3,5-6,8-11,13-16,18,26,29H,4,7,12,17H2,(H,30,31)(H,33,35). The van der Waals surface area contributed by atoms with Gasteiger partial charge < -0.3 is 15.6 Å². The number of H-pyrrole nitrogens is 1. The summed E-state index contributed by atoms with van der Waals surface area (Å²) in [6.07, 6.45) is 9.76. The molecule has 1 amide bonds. The smallest absolute Gasteiger partial charge is 0.241 e. The van der Waals surface area contributed by atoms with Crippen LogP contribution in [0.2, 0.25) is 0 Å². The second-order valence-corrected chi connectivity index (χ2v) is 8.95. The summed E-state index contributed by atoms with van der Waals surface area (Å²) in [7, 11) is 0. The number of nitrogens with zero attached hydrogens (tertiary/aromatic N) is 3. The third-order valence-corrected chi connectivity index (χ3v) is 6.53. The number of benzene rings is 2. The van der Waals surface area contributed by atoms with E-state index in [1.165, 1.54) is 5.56 Å². The van der Waals surface area contributed by atoms with Crippen LogP contribution in [0.25, 0.3) is 33.3 Å². The van der Waals surface area contributed by atoms with E-state index in [9.17, 15) is 4.79 Å². The molecular formula is C28H26N6O. The average Bonchev–Trinajstić information content (AvgIpc) is 3.66.